The lowest BCUT2D eigenvalue weighted by Crippen LogP contribution is -2.39. The van der Waals surface area contributed by atoms with Gasteiger partial charge in [-0.2, -0.15) is 0 Å². The number of carbonyl (C=O) groups is 1. The molecule has 0 aromatic heterocycles. The minimum atomic E-state index is -0.322. The van der Waals surface area contributed by atoms with E-state index in [-0.39, 0.29) is 17.7 Å². The first-order valence-corrected chi connectivity index (χ1v) is 8.52. The van der Waals surface area contributed by atoms with Crippen LogP contribution < -0.4 is 9.47 Å². The lowest BCUT2D eigenvalue weighted by molar-refractivity contribution is 0.159. The first kappa shape index (κ1) is 14.7. The highest BCUT2D eigenvalue weighted by molar-refractivity contribution is 5.72. The van der Waals surface area contributed by atoms with Crippen molar-refractivity contribution in [1.82, 2.24) is 4.90 Å². The number of hydrogen-bond donors (Lipinski definition) is 0. The van der Waals surface area contributed by atoms with Crippen LogP contribution in [0.2, 0.25) is 0 Å². The van der Waals surface area contributed by atoms with Gasteiger partial charge in [0.2, 0.25) is 0 Å². The molecular weight excluding hydrogens is 294 g/mol. The maximum absolute atomic E-state index is 12.0. The fourth-order valence-electron chi connectivity index (χ4n) is 4.18. The van der Waals surface area contributed by atoms with E-state index in [2.05, 4.69) is 6.07 Å². The molecular formula is C18H23NO4. The first-order valence-electron chi connectivity index (χ1n) is 8.52. The highest BCUT2D eigenvalue weighted by atomic mass is 16.6. The maximum atomic E-state index is 12.0. The van der Waals surface area contributed by atoms with Crippen LogP contribution in [0, 0.1) is 0 Å². The number of ether oxygens (including phenoxy) is 3. The van der Waals surface area contributed by atoms with Gasteiger partial charge in [0.15, 0.2) is 11.5 Å². The van der Waals surface area contributed by atoms with Gasteiger partial charge in [0.25, 0.3) is 0 Å². The van der Waals surface area contributed by atoms with E-state index < -0.39 is 0 Å². The number of methoxy groups -OCH3 is 1. The summed E-state index contributed by atoms with van der Waals surface area (Å²) >= 11 is 0. The Kier molecular flexibility index (Phi) is 3.58. The SMILES string of the molecule is COc1ccc(C23CCCN2C(=O)OC3)cc1OC1CCCC1. The number of cyclic esters (lactones) is 1. The highest BCUT2D eigenvalue weighted by Gasteiger charge is 2.51. The van der Waals surface area contributed by atoms with Crippen LogP contribution in [0.1, 0.15) is 44.1 Å². The molecule has 5 nitrogen and oxygen atoms in total. The molecule has 0 spiro atoms. The number of amides is 1. The molecule has 1 atom stereocenters. The third-order valence-corrected chi connectivity index (χ3v) is 5.44. The number of fused-ring (bicyclic) bond motifs is 1. The monoisotopic (exact) mass is 317 g/mol. The van der Waals surface area contributed by atoms with Gasteiger partial charge in [-0.25, -0.2) is 4.79 Å². The van der Waals surface area contributed by atoms with Crippen LogP contribution in [0.4, 0.5) is 4.79 Å². The van der Waals surface area contributed by atoms with Crippen LogP contribution in [0.25, 0.3) is 0 Å². The van der Waals surface area contributed by atoms with E-state index in [1.807, 2.05) is 17.0 Å². The van der Waals surface area contributed by atoms with Crippen molar-refractivity contribution in [2.75, 3.05) is 20.3 Å². The van der Waals surface area contributed by atoms with Crippen molar-refractivity contribution < 1.29 is 19.0 Å². The number of carbonyl (C=O) groups excluding carboxylic acids is 1. The van der Waals surface area contributed by atoms with Gasteiger partial charge < -0.3 is 14.2 Å². The zero-order valence-electron chi connectivity index (χ0n) is 13.5. The van der Waals surface area contributed by atoms with Gasteiger partial charge in [-0.1, -0.05) is 6.07 Å². The molecule has 23 heavy (non-hydrogen) atoms. The van der Waals surface area contributed by atoms with Crippen molar-refractivity contribution in [2.45, 2.75) is 50.2 Å². The predicted molar refractivity (Wildman–Crippen MR) is 84.8 cm³/mol. The zero-order chi connectivity index (χ0) is 15.9. The second-order valence-corrected chi connectivity index (χ2v) is 6.73. The Morgan fingerprint density at radius 3 is 2.83 bits per heavy atom. The van der Waals surface area contributed by atoms with Gasteiger partial charge in [-0.3, -0.25) is 4.90 Å². The van der Waals surface area contributed by atoms with Crippen molar-refractivity contribution >= 4 is 6.09 Å². The number of hydrogen-bond acceptors (Lipinski definition) is 4. The largest absolute Gasteiger partial charge is 0.493 e. The van der Waals surface area contributed by atoms with Gasteiger partial charge in [0, 0.05) is 6.54 Å². The third-order valence-electron chi connectivity index (χ3n) is 5.44. The number of rotatable bonds is 4. The zero-order valence-corrected chi connectivity index (χ0v) is 13.5. The summed E-state index contributed by atoms with van der Waals surface area (Å²) in [6.07, 6.45) is 6.70. The minimum absolute atomic E-state index is 0.198. The third kappa shape index (κ3) is 2.33. The molecule has 4 rings (SSSR count). The summed E-state index contributed by atoms with van der Waals surface area (Å²) in [6, 6.07) is 6.05. The molecule has 2 aliphatic heterocycles. The molecule has 1 aromatic carbocycles. The molecule has 124 valence electrons. The Bertz CT molecular complexity index is 611. The Morgan fingerprint density at radius 1 is 1.22 bits per heavy atom. The Hall–Kier alpha value is -1.91. The Labute approximate surface area is 136 Å². The van der Waals surface area contributed by atoms with Crippen LogP contribution in [0.3, 0.4) is 0 Å². The van der Waals surface area contributed by atoms with E-state index in [4.69, 9.17) is 14.2 Å². The smallest absolute Gasteiger partial charge is 0.410 e. The summed E-state index contributed by atoms with van der Waals surface area (Å²) in [5.74, 6) is 1.55. The molecule has 1 aliphatic carbocycles. The molecule has 0 radical (unpaired) electrons. The first-order chi connectivity index (χ1) is 11.2. The summed E-state index contributed by atoms with van der Waals surface area (Å²) in [4.78, 5) is 13.8. The predicted octanol–water partition coefficient (Wildman–Crippen LogP) is 3.46. The topological polar surface area (TPSA) is 48.0 Å². The van der Waals surface area contributed by atoms with Crippen molar-refractivity contribution in [3.63, 3.8) is 0 Å². The molecule has 1 unspecified atom stereocenters. The van der Waals surface area contributed by atoms with Gasteiger partial charge >= 0.3 is 6.09 Å². The normalized spacial score (nSPS) is 27.2. The Balaban J connectivity index is 1.68. The van der Waals surface area contributed by atoms with Gasteiger partial charge in [0.05, 0.1) is 13.2 Å². The molecule has 1 saturated carbocycles. The van der Waals surface area contributed by atoms with Crippen molar-refractivity contribution in [1.29, 1.82) is 0 Å². The van der Waals surface area contributed by atoms with E-state index in [1.165, 1.54) is 12.8 Å². The Morgan fingerprint density at radius 2 is 2.04 bits per heavy atom. The van der Waals surface area contributed by atoms with Crippen LogP contribution in [0.5, 0.6) is 11.5 Å². The molecule has 0 bridgehead atoms. The molecule has 5 heteroatoms. The van der Waals surface area contributed by atoms with Crippen LogP contribution >= 0.6 is 0 Å². The van der Waals surface area contributed by atoms with E-state index in [0.717, 1.165) is 49.3 Å². The molecule has 0 N–H and O–H groups in total. The lowest BCUT2D eigenvalue weighted by Gasteiger charge is -2.30. The quantitative estimate of drug-likeness (QED) is 0.853. The van der Waals surface area contributed by atoms with Gasteiger partial charge in [0.1, 0.15) is 12.1 Å². The molecule has 3 aliphatic rings. The van der Waals surface area contributed by atoms with Crippen LogP contribution in [-0.4, -0.2) is 37.4 Å². The number of nitrogens with zero attached hydrogens (tertiary/aromatic N) is 1. The molecule has 1 aromatic rings. The second-order valence-electron chi connectivity index (χ2n) is 6.73. The molecule has 3 fully saturated rings. The summed E-state index contributed by atoms with van der Waals surface area (Å²) < 4.78 is 17.0. The average molecular weight is 317 g/mol. The minimum Gasteiger partial charge on any atom is -0.493 e. The van der Waals surface area contributed by atoms with Gasteiger partial charge in [-0.15, -0.1) is 0 Å². The van der Waals surface area contributed by atoms with E-state index in [9.17, 15) is 4.79 Å². The maximum Gasteiger partial charge on any atom is 0.410 e. The fourth-order valence-corrected chi connectivity index (χ4v) is 4.18. The average Bonchev–Trinajstić information content (AvgIpc) is 3.27. The second kappa shape index (κ2) is 5.62. The van der Waals surface area contributed by atoms with Crippen LogP contribution in [0.15, 0.2) is 18.2 Å². The van der Waals surface area contributed by atoms with E-state index >= 15 is 0 Å². The van der Waals surface area contributed by atoms with E-state index in [1.54, 1.807) is 7.11 Å². The standard InChI is InChI=1S/C18H23NO4/c1-21-15-8-7-13(11-16(15)23-14-5-2-3-6-14)18-9-4-10-19(18)17(20)22-12-18/h7-8,11,14H,2-6,9-10,12H2,1H3. The fraction of sp³-hybridized carbons (Fsp3) is 0.611. The number of benzene rings is 1. The summed E-state index contributed by atoms with van der Waals surface area (Å²) in [7, 11) is 1.67. The van der Waals surface area contributed by atoms with Crippen molar-refractivity contribution in [2.24, 2.45) is 0 Å². The summed E-state index contributed by atoms with van der Waals surface area (Å²) in [6.45, 7) is 1.20. The van der Waals surface area contributed by atoms with Crippen LogP contribution in [-0.2, 0) is 10.3 Å². The van der Waals surface area contributed by atoms with E-state index in [0.29, 0.717) is 6.61 Å². The highest BCUT2D eigenvalue weighted by Crippen LogP contribution is 2.45. The van der Waals surface area contributed by atoms with Gasteiger partial charge in [-0.05, 0) is 56.2 Å². The summed E-state index contributed by atoms with van der Waals surface area (Å²) in [5, 5.41) is 0. The molecule has 2 heterocycles. The van der Waals surface area contributed by atoms with Crippen molar-refractivity contribution in [3.8, 4) is 11.5 Å². The lowest BCUT2D eigenvalue weighted by atomic mass is 9.88. The molecule has 1 amide bonds. The summed E-state index contributed by atoms with van der Waals surface area (Å²) in [5.41, 5.74) is 0.770. The molecule has 2 saturated heterocycles. The van der Waals surface area contributed by atoms with Crippen molar-refractivity contribution in [3.05, 3.63) is 23.8 Å².